The van der Waals surface area contributed by atoms with Crippen molar-refractivity contribution >= 4 is 27.8 Å². The molecule has 0 spiro atoms. The van der Waals surface area contributed by atoms with Gasteiger partial charge in [-0.25, -0.2) is 0 Å². The Morgan fingerprint density at radius 1 is 1.19 bits per heavy atom. The van der Waals surface area contributed by atoms with Crippen LogP contribution in [0.3, 0.4) is 0 Å². The monoisotopic (exact) mass is 420 g/mol. The SMILES string of the molecule is CC/C(=N\Oc1ccc(C)cc1)c1cc(Cl)ccc1C(F)(F)F.N=S(=O)=O. The van der Waals surface area contributed by atoms with Gasteiger partial charge in [-0.15, -0.1) is 0 Å². The number of nitrogens with zero attached hydrogens (tertiary/aromatic N) is 1. The van der Waals surface area contributed by atoms with E-state index in [9.17, 15) is 13.2 Å². The second-order valence-electron chi connectivity index (χ2n) is 5.22. The molecule has 27 heavy (non-hydrogen) atoms. The molecule has 0 bridgehead atoms. The molecule has 2 rings (SSSR count). The molecule has 146 valence electrons. The molecule has 2 aromatic rings. The molecule has 0 aliphatic rings. The third-order valence-electron chi connectivity index (χ3n) is 3.22. The summed E-state index contributed by atoms with van der Waals surface area (Å²) in [5, 5.41) is 4.10. The number of halogens is 4. The Morgan fingerprint density at radius 2 is 1.74 bits per heavy atom. The topological polar surface area (TPSA) is 79.6 Å². The van der Waals surface area contributed by atoms with E-state index in [1.54, 1.807) is 19.1 Å². The van der Waals surface area contributed by atoms with Crippen LogP contribution in [0.2, 0.25) is 5.02 Å². The van der Waals surface area contributed by atoms with E-state index in [4.69, 9.17) is 29.6 Å². The summed E-state index contributed by atoms with van der Waals surface area (Å²) in [6, 6.07) is 10.5. The summed E-state index contributed by atoms with van der Waals surface area (Å²) in [6.45, 7) is 3.63. The summed E-state index contributed by atoms with van der Waals surface area (Å²) in [4.78, 5) is 5.25. The molecule has 2 aromatic carbocycles. The highest BCUT2D eigenvalue weighted by molar-refractivity contribution is 7.60. The fourth-order valence-corrected chi connectivity index (χ4v) is 2.19. The molecule has 0 aromatic heterocycles. The van der Waals surface area contributed by atoms with E-state index < -0.39 is 22.2 Å². The van der Waals surface area contributed by atoms with Crippen molar-refractivity contribution in [3.8, 4) is 5.75 Å². The molecule has 0 unspecified atom stereocenters. The maximum atomic E-state index is 13.1. The predicted molar refractivity (Wildman–Crippen MR) is 96.7 cm³/mol. The van der Waals surface area contributed by atoms with Gasteiger partial charge in [-0.2, -0.15) is 26.4 Å². The smallest absolute Gasteiger partial charge is 0.357 e. The number of rotatable bonds is 4. The maximum absolute atomic E-state index is 13.1. The lowest BCUT2D eigenvalue weighted by Gasteiger charge is -2.14. The first-order valence-electron chi connectivity index (χ1n) is 7.52. The Balaban J connectivity index is 0.000000828. The number of nitrogens with one attached hydrogen (secondary N) is 1. The Morgan fingerprint density at radius 3 is 2.22 bits per heavy atom. The first kappa shape index (κ1) is 22.7. The molecule has 10 heteroatoms. The predicted octanol–water partition coefficient (Wildman–Crippen LogP) is 5.49. The van der Waals surface area contributed by atoms with Crippen molar-refractivity contribution in [2.75, 3.05) is 0 Å². The minimum atomic E-state index is -4.49. The van der Waals surface area contributed by atoms with Crippen LogP contribution in [0.15, 0.2) is 47.6 Å². The van der Waals surface area contributed by atoms with Crippen molar-refractivity contribution in [3.05, 3.63) is 64.2 Å². The zero-order valence-electron chi connectivity index (χ0n) is 14.3. The number of alkyl halides is 3. The summed E-state index contributed by atoms with van der Waals surface area (Å²) in [6.07, 6.45) is -4.21. The van der Waals surface area contributed by atoms with E-state index >= 15 is 0 Å². The zero-order chi connectivity index (χ0) is 20.6. The molecule has 0 radical (unpaired) electrons. The average molecular weight is 421 g/mol. The normalized spacial score (nSPS) is 11.4. The van der Waals surface area contributed by atoms with Gasteiger partial charge in [0.15, 0.2) is 5.75 Å². The lowest BCUT2D eigenvalue weighted by atomic mass is 10.0. The van der Waals surface area contributed by atoms with Gasteiger partial charge >= 0.3 is 16.7 Å². The molecule has 0 amide bonds. The molecule has 0 aliphatic heterocycles. The lowest BCUT2D eigenvalue weighted by Crippen LogP contribution is -2.14. The van der Waals surface area contributed by atoms with Gasteiger partial charge < -0.3 is 4.84 Å². The van der Waals surface area contributed by atoms with Gasteiger partial charge in [0.05, 0.1) is 11.3 Å². The van der Waals surface area contributed by atoms with Crippen LogP contribution in [0.1, 0.15) is 30.0 Å². The van der Waals surface area contributed by atoms with Gasteiger partial charge in [0, 0.05) is 10.6 Å². The van der Waals surface area contributed by atoms with Crippen LogP contribution in [-0.2, 0) is 16.7 Å². The number of aryl methyl sites for hydroxylation is 1. The number of hydrogen-bond acceptors (Lipinski definition) is 5. The van der Waals surface area contributed by atoms with Crippen molar-refractivity contribution in [3.63, 3.8) is 0 Å². The summed E-state index contributed by atoms with van der Waals surface area (Å²) in [7, 11) is -2.61. The molecule has 0 saturated heterocycles. The number of benzene rings is 2. The molecule has 5 nitrogen and oxygen atoms in total. The fourth-order valence-electron chi connectivity index (χ4n) is 2.01. The van der Waals surface area contributed by atoms with Crippen molar-refractivity contribution in [1.82, 2.24) is 0 Å². The summed E-state index contributed by atoms with van der Waals surface area (Å²) in [5.74, 6) is 0.456. The third kappa shape index (κ3) is 7.79. The second kappa shape index (κ2) is 10.1. The summed E-state index contributed by atoms with van der Waals surface area (Å²) in [5.41, 5.74) is 0.376. The van der Waals surface area contributed by atoms with Gasteiger partial charge in [0.1, 0.15) is 0 Å². The van der Waals surface area contributed by atoms with E-state index in [0.29, 0.717) is 5.75 Å². The summed E-state index contributed by atoms with van der Waals surface area (Å²) < 4.78 is 62.3. The average Bonchev–Trinajstić information content (AvgIpc) is 2.55. The van der Waals surface area contributed by atoms with E-state index in [0.717, 1.165) is 11.6 Å². The Hall–Kier alpha value is -2.39. The van der Waals surface area contributed by atoms with Crippen molar-refractivity contribution in [2.24, 2.45) is 5.16 Å². The van der Waals surface area contributed by atoms with Gasteiger partial charge in [-0.1, -0.05) is 41.4 Å². The number of hydrogen-bond donors (Lipinski definition) is 1. The van der Waals surface area contributed by atoms with Gasteiger partial charge in [-0.05, 0) is 43.7 Å². The molecule has 0 atom stereocenters. The Bertz CT molecular complexity index is 906. The van der Waals surface area contributed by atoms with Crippen molar-refractivity contribution in [1.29, 1.82) is 4.78 Å². The molecular weight excluding hydrogens is 405 g/mol. The minimum Gasteiger partial charge on any atom is -0.357 e. The lowest BCUT2D eigenvalue weighted by molar-refractivity contribution is -0.137. The van der Waals surface area contributed by atoms with E-state index in [1.807, 2.05) is 19.1 Å². The van der Waals surface area contributed by atoms with Crippen LogP contribution in [-0.4, -0.2) is 14.1 Å². The quantitative estimate of drug-likeness (QED) is 0.524. The van der Waals surface area contributed by atoms with Crippen LogP contribution in [0.4, 0.5) is 13.2 Å². The first-order valence-corrected chi connectivity index (χ1v) is 8.98. The van der Waals surface area contributed by atoms with Crippen molar-refractivity contribution < 1.29 is 26.4 Å². The molecule has 0 heterocycles. The van der Waals surface area contributed by atoms with Crippen LogP contribution in [0, 0.1) is 11.7 Å². The number of oxime groups is 1. The summed E-state index contributed by atoms with van der Waals surface area (Å²) >= 11 is 5.84. The standard InChI is InChI=1S/C17H15ClF3NO.HNO2S/c1-3-16(22-23-13-7-4-11(2)5-8-13)14-10-12(18)6-9-15(14)17(19,20)21;1-4(2)3/h4-10H,3H2,1-2H3;1H/b22-16+;. The highest BCUT2D eigenvalue weighted by Crippen LogP contribution is 2.34. The van der Waals surface area contributed by atoms with Gasteiger partial charge in [0.2, 0.25) is 0 Å². The van der Waals surface area contributed by atoms with Crippen LogP contribution in [0.5, 0.6) is 5.75 Å². The van der Waals surface area contributed by atoms with Gasteiger partial charge in [-0.3, -0.25) is 0 Å². The second-order valence-corrected chi connectivity index (χ2v) is 6.12. The van der Waals surface area contributed by atoms with Crippen LogP contribution < -0.4 is 4.84 Å². The molecular formula is C17H16ClF3N2O3S. The molecule has 0 aliphatic carbocycles. The molecule has 0 fully saturated rings. The largest absolute Gasteiger partial charge is 0.417 e. The third-order valence-corrected chi connectivity index (χ3v) is 3.45. The van der Waals surface area contributed by atoms with Crippen molar-refractivity contribution in [2.45, 2.75) is 26.4 Å². The maximum Gasteiger partial charge on any atom is 0.417 e. The van der Waals surface area contributed by atoms with Gasteiger partial charge in [0.25, 0.3) is 0 Å². The zero-order valence-corrected chi connectivity index (χ0v) is 15.9. The van der Waals surface area contributed by atoms with E-state index in [2.05, 4.69) is 5.16 Å². The first-order chi connectivity index (χ1) is 12.5. The van der Waals surface area contributed by atoms with Crippen LogP contribution in [0.25, 0.3) is 0 Å². The Labute approximate surface area is 160 Å². The van der Waals surface area contributed by atoms with E-state index in [-0.39, 0.29) is 22.7 Å². The molecule has 1 N–H and O–H groups in total. The minimum absolute atomic E-state index is 0.0698. The Kier molecular flexibility index (Phi) is 8.45. The molecule has 0 saturated carbocycles. The highest BCUT2D eigenvalue weighted by Gasteiger charge is 2.34. The fraction of sp³-hybridized carbons (Fsp3) is 0.235. The van der Waals surface area contributed by atoms with E-state index in [1.165, 1.54) is 12.1 Å². The highest BCUT2D eigenvalue weighted by atomic mass is 35.5. The van der Waals surface area contributed by atoms with Crippen LogP contribution >= 0.6 is 11.6 Å².